The van der Waals surface area contributed by atoms with E-state index in [1.165, 1.54) is 4.88 Å². The molecule has 1 aromatic carbocycles. The lowest BCUT2D eigenvalue weighted by atomic mass is 10.2. The average Bonchev–Trinajstić information content (AvgIpc) is 2.71. The number of aromatic nitrogens is 1. The van der Waals surface area contributed by atoms with Crippen molar-refractivity contribution >= 4 is 28.6 Å². The maximum absolute atomic E-state index is 6.26. The third kappa shape index (κ3) is 4.11. The van der Waals surface area contributed by atoms with Crippen molar-refractivity contribution in [3.05, 3.63) is 38.8 Å². The number of benzene rings is 1. The Hall–Kier alpha value is -1.26. The summed E-state index contributed by atoms with van der Waals surface area (Å²) in [6.07, 6.45) is 0.114. The molecule has 0 spiro atoms. The first-order chi connectivity index (χ1) is 9.86. The van der Waals surface area contributed by atoms with Gasteiger partial charge < -0.3 is 10.1 Å². The van der Waals surface area contributed by atoms with E-state index in [0.29, 0.717) is 5.02 Å². The molecule has 1 aromatic heterocycles. The molecule has 0 saturated heterocycles. The van der Waals surface area contributed by atoms with Crippen LogP contribution in [0.25, 0.3) is 0 Å². The Bertz CT molecular complexity index is 625. The number of anilines is 1. The molecule has 0 amide bonds. The van der Waals surface area contributed by atoms with Crippen molar-refractivity contribution in [2.45, 2.75) is 46.8 Å². The summed E-state index contributed by atoms with van der Waals surface area (Å²) in [4.78, 5) is 5.73. The van der Waals surface area contributed by atoms with Gasteiger partial charge in [-0.1, -0.05) is 11.6 Å². The van der Waals surface area contributed by atoms with Crippen molar-refractivity contribution in [1.82, 2.24) is 4.98 Å². The first kappa shape index (κ1) is 16.1. The Kier molecular flexibility index (Phi) is 5.12. The second-order valence-corrected chi connectivity index (χ2v) is 7.00. The Morgan fingerprint density at radius 2 is 1.95 bits per heavy atom. The summed E-state index contributed by atoms with van der Waals surface area (Å²) in [5.74, 6) is 0.717. The number of halogens is 1. The zero-order valence-electron chi connectivity index (χ0n) is 13.0. The minimum Gasteiger partial charge on any atom is -0.489 e. The van der Waals surface area contributed by atoms with E-state index in [-0.39, 0.29) is 12.1 Å². The Labute approximate surface area is 135 Å². The number of nitrogens with one attached hydrogen (secondary N) is 1. The minimum atomic E-state index is 0.114. The number of hydrogen-bond acceptors (Lipinski definition) is 4. The van der Waals surface area contributed by atoms with Crippen LogP contribution in [-0.4, -0.2) is 11.1 Å². The number of aryl methyl sites for hydroxylation is 2. The van der Waals surface area contributed by atoms with Gasteiger partial charge in [0.05, 0.1) is 27.9 Å². The predicted octanol–water partition coefficient (Wildman–Crippen LogP) is 5.37. The number of nitrogens with zero attached hydrogens (tertiary/aromatic N) is 1. The monoisotopic (exact) mass is 324 g/mol. The zero-order valence-corrected chi connectivity index (χ0v) is 14.6. The van der Waals surface area contributed by atoms with Crippen LogP contribution >= 0.6 is 22.9 Å². The third-order valence-electron chi connectivity index (χ3n) is 3.01. The van der Waals surface area contributed by atoms with Crippen molar-refractivity contribution in [2.75, 3.05) is 5.32 Å². The highest BCUT2D eigenvalue weighted by molar-refractivity contribution is 7.11. The Balaban J connectivity index is 2.13. The summed E-state index contributed by atoms with van der Waals surface area (Å²) in [7, 11) is 0. The fourth-order valence-corrected chi connectivity index (χ4v) is 3.36. The first-order valence-corrected chi connectivity index (χ1v) is 8.23. The van der Waals surface area contributed by atoms with E-state index in [9.17, 15) is 0 Å². The van der Waals surface area contributed by atoms with Crippen LogP contribution in [0.15, 0.2) is 18.2 Å². The zero-order chi connectivity index (χ0) is 15.6. The molecule has 5 heteroatoms. The van der Waals surface area contributed by atoms with Gasteiger partial charge in [-0.05, 0) is 52.8 Å². The molecule has 0 aliphatic heterocycles. The molecule has 0 aliphatic carbocycles. The van der Waals surface area contributed by atoms with Crippen molar-refractivity contribution in [1.29, 1.82) is 0 Å². The normalized spacial score (nSPS) is 12.5. The lowest BCUT2D eigenvalue weighted by molar-refractivity contribution is 0.242. The van der Waals surface area contributed by atoms with Gasteiger partial charge in [-0.15, -0.1) is 11.3 Å². The van der Waals surface area contributed by atoms with Crippen molar-refractivity contribution < 1.29 is 4.74 Å². The van der Waals surface area contributed by atoms with Crippen LogP contribution in [0.1, 0.15) is 42.4 Å². The van der Waals surface area contributed by atoms with Gasteiger partial charge in [0.2, 0.25) is 0 Å². The molecule has 1 heterocycles. The van der Waals surface area contributed by atoms with Gasteiger partial charge in [-0.2, -0.15) is 0 Å². The van der Waals surface area contributed by atoms with Crippen LogP contribution in [0.2, 0.25) is 5.02 Å². The topological polar surface area (TPSA) is 34.2 Å². The summed E-state index contributed by atoms with van der Waals surface area (Å²) in [5.41, 5.74) is 2.07. The fraction of sp³-hybridized carbons (Fsp3) is 0.438. The van der Waals surface area contributed by atoms with E-state index in [2.05, 4.69) is 17.2 Å². The average molecular weight is 325 g/mol. The van der Waals surface area contributed by atoms with Gasteiger partial charge in [-0.3, -0.25) is 0 Å². The van der Waals surface area contributed by atoms with E-state index in [1.54, 1.807) is 11.3 Å². The molecule has 1 N–H and O–H groups in total. The van der Waals surface area contributed by atoms with E-state index in [4.69, 9.17) is 16.3 Å². The second-order valence-electron chi connectivity index (χ2n) is 5.36. The van der Waals surface area contributed by atoms with E-state index in [0.717, 1.165) is 22.1 Å². The quantitative estimate of drug-likeness (QED) is 0.802. The number of rotatable bonds is 5. The van der Waals surface area contributed by atoms with Crippen molar-refractivity contribution in [3.8, 4) is 5.75 Å². The van der Waals surface area contributed by atoms with E-state index < -0.39 is 0 Å². The second kappa shape index (κ2) is 6.67. The van der Waals surface area contributed by atoms with E-state index >= 15 is 0 Å². The molecule has 21 heavy (non-hydrogen) atoms. The van der Waals surface area contributed by atoms with Gasteiger partial charge >= 0.3 is 0 Å². The molecule has 0 bridgehead atoms. The standard InChI is InChI=1S/C16H21ClN2OS/c1-9(2)20-15-7-6-13(8-14(15)17)19-11(4)16-10(3)18-12(5)21-16/h6-9,11,19H,1-5H3. The van der Waals surface area contributed by atoms with Gasteiger partial charge in [-0.25, -0.2) is 4.98 Å². The summed E-state index contributed by atoms with van der Waals surface area (Å²) in [6.45, 7) is 10.2. The van der Waals surface area contributed by atoms with Gasteiger partial charge in [0.25, 0.3) is 0 Å². The van der Waals surface area contributed by atoms with Gasteiger partial charge in [0, 0.05) is 10.6 Å². The maximum Gasteiger partial charge on any atom is 0.138 e. The van der Waals surface area contributed by atoms with Crippen LogP contribution in [0, 0.1) is 13.8 Å². The van der Waals surface area contributed by atoms with Crippen LogP contribution in [-0.2, 0) is 0 Å². The SMILES string of the molecule is Cc1nc(C)c(C(C)Nc2ccc(OC(C)C)c(Cl)c2)s1. The Morgan fingerprint density at radius 3 is 2.48 bits per heavy atom. The molecular weight excluding hydrogens is 304 g/mol. The van der Waals surface area contributed by atoms with Crippen LogP contribution in [0.4, 0.5) is 5.69 Å². The molecule has 2 rings (SSSR count). The van der Waals surface area contributed by atoms with Crippen LogP contribution < -0.4 is 10.1 Å². The summed E-state index contributed by atoms with van der Waals surface area (Å²) in [5, 5.41) is 5.18. The highest BCUT2D eigenvalue weighted by Crippen LogP contribution is 2.32. The first-order valence-electron chi connectivity index (χ1n) is 7.03. The lowest BCUT2D eigenvalue weighted by Crippen LogP contribution is -2.08. The molecule has 0 fully saturated rings. The highest BCUT2D eigenvalue weighted by Gasteiger charge is 2.13. The maximum atomic E-state index is 6.26. The largest absolute Gasteiger partial charge is 0.489 e. The molecule has 114 valence electrons. The van der Waals surface area contributed by atoms with Crippen LogP contribution in [0.5, 0.6) is 5.75 Å². The molecule has 3 nitrogen and oxygen atoms in total. The molecular formula is C16H21ClN2OS. The summed E-state index contributed by atoms with van der Waals surface area (Å²) >= 11 is 7.99. The van der Waals surface area contributed by atoms with Crippen molar-refractivity contribution in [3.63, 3.8) is 0 Å². The summed E-state index contributed by atoms with van der Waals surface area (Å²) < 4.78 is 5.64. The molecule has 1 unspecified atom stereocenters. The van der Waals surface area contributed by atoms with E-state index in [1.807, 2.05) is 45.9 Å². The third-order valence-corrected chi connectivity index (χ3v) is 4.56. The van der Waals surface area contributed by atoms with Gasteiger partial charge in [0.15, 0.2) is 0 Å². The molecule has 1 atom stereocenters. The van der Waals surface area contributed by atoms with Crippen molar-refractivity contribution in [2.24, 2.45) is 0 Å². The number of ether oxygens (including phenoxy) is 1. The Morgan fingerprint density at radius 1 is 1.24 bits per heavy atom. The highest BCUT2D eigenvalue weighted by atomic mass is 35.5. The summed E-state index contributed by atoms with van der Waals surface area (Å²) in [6, 6.07) is 5.99. The fourth-order valence-electron chi connectivity index (χ4n) is 2.20. The molecule has 0 saturated carbocycles. The molecule has 0 radical (unpaired) electrons. The molecule has 2 aromatic rings. The molecule has 0 aliphatic rings. The predicted molar refractivity (Wildman–Crippen MR) is 90.8 cm³/mol. The number of thiazole rings is 1. The lowest BCUT2D eigenvalue weighted by Gasteiger charge is -2.16. The number of hydrogen-bond donors (Lipinski definition) is 1. The smallest absolute Gasteiger partial charge is 0.138 e. The minimum absolute atomic E-state index is 0.114. The van der Waals surface area contributed by atoms with Crippen LogP contribution in [0.3, 0.4) is 0 Å². The van der Waals surface area contributed by atoms with Gasteiger partial charge in [0.1, 0.15) is 5.75 Å².